The van der Waals surface area contributed by atoms with Gasteiger partial charge in [-0.1, -0.05) is 17.3 Å². The maximum absolute atomic E-state index is 12.8. The number of amides is 1. The van der Waals surface area contributed by atoms with E-state index in [0.29, 0.717) is 17.4 Å². The molecule has 3 aliphatic rings. The number of rotatable bonds is 4. The van der Waals surface area contributed by atoms with E-state index in [1.165, 1.54) is 25.7 Å². The first kappa shape index (κ1) is 14.0. The second-order valence-corrected chi connectivity index (χ2v) is 7.31. The van der Waals surface area contributed by atoms with Crippen molar-refractivity contribution in [3.05, 3.63) is 40.4 Å². The highest BCUT2D eigenvalue weighted by Gasteiger charge is 2.54. The fourth-order valence-corrected chi connectivity index (χ4v) is 4.05. The van der Waals surface area contributed by atoms with Crippen molar-refractivity contribution >= 4 is 5.91 Å². The molecule has 1 N–H and O–H groups in total. The second kappa shape index (κ2) is 5.06. The molecular weight excluding hydrogens is 306 g/mol. The number of nitrogens with one attached hydrogen (secondary N) is 1. The summed E-state index contributed by atoms with van der Waals surface area (Å²) < 4.78 is 4.51. The zero-order valence-electron chi connectivity index (χ0n) is 13.3. The summed E-state index contributed by atoms with van der Waals surface area (Å²) in [6, 6.07) is 7.67. The molecule has 0 radical (unpaired) electrons. The first-order valence-electron chi connectivity index (χ1n) is 8.68. The Morgan fingerprint density at radius 2 is 1.83 bits per heavy atom. The van der Waals surface area contributed by atoms with E-state index in [4.69, 9.17) is 0 Å². The van der Waals surface area contributed by atoms with Gasteiger partial charge in [0.05, 0.1) is 0 Å². The van der Waals surface area contributed by atoms with E-state index in [1.54, 1.807) is 24.3 Å². The first-order chi connectivity index (χ1) is 11.7. The van der Waals surface area contributed by atoms with Crippen LogP contribution in [-0.4, -0.2) is 33.5 Å². The largest absolute Gasteiger partial charge is 0.439 e. The predicted molar refractivity (Wildman–Crippen MR) is 86.3 cm³/mol. The van der Waals surface area contributed by atoms with Crippen molar-refractivity contribution in [3.63, 3.8) is 0 Å². The van der Waals surface area contributed by atoms with Gasteiger partial charge in [0.15, 0.2) is 5.82 Å². The van der Waals surface area contributed by atoms with Gasteiger partial charge >= 0.3 is 5.76 Å². The van der Waals surface area contributed by atoms with E-state index in [1.807, 2.05) is 0 Å². The molecule has 2 aromatic rings. The molecule has 124 valence electrons. The summed E-state index contributed by atoms with van der Waals surface area (Å²) in [6.45, 7) is 0.920. The maximum atomic E-state index is 12.8. The van der Waals surface area contributed by atoms with Gasteiger partial charge in [-0.25, -0.2) is 4.79 Å². The molecule has 1 aromatic heterocycles. The van der Waals surface area contributed by atoms with Crippen molar-refractivity contribution in [2.75, 3.05) is 6.54 Å². The smallest absolute Gasteiger partial charge is 0.335 e. The lowest BCUT2D eigenvalue weighted by Crippen LogP contribution is -2.60. The van der Waals surface area contributed by atoms with Crippen LogP contribution in [0.2, 0.25) is 0 Å². The highest BCUT2D eigenvalue weighted by molar-refractivity contribution is 5.95. The third-order valence-electron chi connectivity index (χ3n) is 5.65. The molecule has 2 heterocycles. The van der Waals surface area contributed by atoms with Gasteiger partial charge in [-0.05, 0) is 49.7 Å². The Morgan fingerprint density at radius 3 is 2.42 bits per heavy atom. The summed E-state index contributed by atoms with van der Waals surface area (Å²) in [5.41, 5.74) is 1.43. The zero-order valence-corrected chi connectivity index (χ0v) is 13.3. The average molecular weight is 325 g/mol. The van der Waals surface area contributed by atoms with E-state index in [9.17, 15) is 9.59 Å². The molecular formula is C18H19N3O3. The molecule has 2 atom stereocenters. The van der Waals surface area contributed by atoms with Gasteiger partial charge in [-0.3, -0.25) is 14.3 Å². The summed E-state index contributed by atoms with van der Waals surface area (Å²) in [7, 11) is 0. The van der Waals surface area contributed by atoms with Crippen LogP contribution in [-0.2, 0) is 0 Å². The lowest BCUT2D eigenvalue weighted by molar-refractivity contribution is -0.00199. The Bertz CT molecular complexity index is 830. The summed E-state index contributed by atoms with van der Waals surface area (Å²) >= 11 is 0. The van der Waals surface area contributed by atoms with Crippen LogP contribution in [0.25, 0.3) is 11.4 Å². The summed E-state index contributed by atoms with van der Waals surface area (Å²) in [5.74, 6) is 2.26. The van der Waals surface area contributed by atoms with Crippen LogP contribution in [0.4, 0.5) is 0 Å². The Hall–Kier alpha value is -2.37. The van der Waals surface area contributed by atoms with Crippen molar-refractivity contribution in [1.29, 1.82) is 0 Å². The van der Waals surface area contributed by atoms with Crippen LogP contribution in [0.15, 0.2) is 33.6 Å². The van der Waals surface area contributed by atoms with Crippen molar-refractivity contribution in [3.8, 4) is 11.4 Å². The molecule has 1 aliphatic heterocycles. The molecule has 5 rings (SSSR count). The summed E-state index contributed by atoms with van der Waals surface area (Å²) in [5, 5.41) is 3.66. The average Bonchev–Trinajstić information content (AvgIpc) is 3.48. The summed E-state index contributed by atoms with van der Waals surface area (Å²) in [4.78, 5) is 28.5. The van der Waals surface area contributed by atoms with Crippen LogP contribution in [0.3, 0.4) is 0 Å². The maximum Gasteiger partial charge on any atom is 0.439 e. The SMILES string of the molecule is O=C(c1ccc(-c2noc(=O)[nH]2)cc1)N1CC(C2CC2)C1C1CC1. The minimum atomic E-state index is -0.580. The van der Waals surface area contributed by atoms with E-state index in [0.717, 1.165) is 29.9 Å². The van der Waals surface area contributed by atoms with E-state index in [-0.39, 0.29) is 5.91 Å². The standard InChI is InChI=1S/C18H19N3O3/c22-17(21-9-14(10-1-2-10)15(21)11-3-4-11)13-7-5-12(6-8-13)16-19-18(23)24-20-16/h5-8,10-11,14-15H,1-4,9H2,(H,19,20,23). The van der Waals surface area contributed by atoms with E-state index >= 15 is 0 Å². The molecule has 0 bridgehead atoms. The van der Waals surface area contributed by atoms with Crippen molar-refractivity contribution in [2.24, 2.45) is 17.8 Å². The highest BCUT2D eigenvalue weighted by Crippen LogP contribution is 2.52. The first-order valence-corrected chi connectivity index (χ1v) is 8.68. The third kappa shape index (κ3) is 2.28. The van der Waals surface area contributed by atoms with Crippen LogP contribution >= 0.6 is 0 Å². The number of H-pyrrole nitrogens is 1. The number of hydrogen-bond donors (Lipinski definition) is 1. The zero-order chi connectivity index (χ0) is 16.3. The quantitative estimate of drug-likeness (QED) is 0.935. The van der Waals surface area contributed by atoms with Crippen LogP contribution in [0, 0.1) is 17.8 Å². The molecule has 1 amide bonds. The van der Waals surface area contributed by atoms with Gasteiger partial charge in [0.1, 0.15) is 0 Å². The van der Waals surface area contributed by atoms with Gasteiger partial charge in [-0.15, -0.1) is 0 Å². The number of nitrogens with zero attached hydrogens (tertiary/aromatic N) is 2. The predicted octanol–water partition coefficient (Wildman–Crippen LogP) is 2.29. The second-order valence-electron chi connectivity index (χ2n) is 7.31. The number of likely N-dealkylation sites (tertiary alicyclic amines) is 1. The van der Waals surface area contributed by atoms with Crippen LogP contribution in [0.1, 0.15) is 36.0 Å². The van der Waals surface area contributed by atoms with E-state index in [2.05, 4.69) is 19.6 Å². The topological polar surface area (TPSA) is 79.2 Å². The molecule has 6 nitrogen and oxygen atoms in total. The normalized spacial score (nSPS) is 26.2. The van der Waals surface area contributed by atoms with E-state index < -0.39 is 5.76 Å². The Balaban J connectivity index is 1.34. The van der Waals surface area contributed by atoms with Crippen LogP contribution in [0.5, 0.6) is 0 Å². The molecule has 2 saturated carbocycles. The lowest BCUT2D eigenvalue weighted by atomic mass is 9.80. The van der Waals surface area contributed by atoms with Gasteiger partial charge in [0.25, 0.3) is 5.91 Å². The molecule has 2 aliphatic carbocycles. The number of benzene rings is 1. The van der Waals surface area contributed by atoms with Crippen molar-refractivity contribution in [1.82, 2.24) is 15.0 Å². The molecule has 1 aromatic carbocycles. The number of hydrogen-bond acceptors (Lipinski definition) is 4. The highest BCUT2D eigenvalue weighted by atomic mass is 16.5. The van der Waals surface area contributed by atoms with Crippen LogP contribution < -0.4 is 5.76 Å². The Morgan fingerprint density at radius 1 is 1.12 bits per heavy atom. The minimum absolute atomic E-state index is 0.129. The number of aromatic amines is 1. The number of carbonyl (C=O) groups is 1. The number of carbonyl (C=O) groups excluding carboxylic acids is 1. The Kier molecular flexibility index (Phi) is 2.96. The molecule has 0 spiro atoms. The monoisotopic (exact) mass is 325 g/mol. The summed E-state index contributed by atoms with van der Waals surface area (Å²) in [6.07, 6.45) is 5.24. The van der Waals surface area contributed by atoms with Crippen molar-refractivity contribution < 1.29 is 9.32 Å². The van der Waals surface area contributed by atoms with Gasteiger partial charge < -0.3 is 4.90 Å². The minimum Gasteiger partial charge on any atom is -0.335 e. The fraction of sp³-hybridized carbons (Fsp3) is 0.500. The lowest BCUT2D eigenvalue weighted by Gasteiger charge is -2.49. The Labute approximate surface area is 138 Å². The molecule has 2 unspecified atom stereocenters. The number of aromatic nitrogens is 2. The van der Waals surface area contributed by atoms with Gasteiger partial charge in [0, 0.05) is 29.6 Å². The molecule has 1 saturated heterocycles. The van der Waals surface area contributed by atoms with Gasteiger partial charge in [0.2, 0.25) is 0 Å². The molecule has 24 heavy (non-hydrogen) atoms. The van der Waals surface area contributed by atoms with Gasteiger partial charge in [-0.2, -0.15) is 0 Å². The molecule has 3 fully saturated rings. The molecule has 6 heteroatoms. The fourth-order valence-electron chi connectivity index (χ4n) is 4.05. The third-order valence-corrected chi connectivity index (χ3v) is 5.65. The van der Waals surface area contributed by atoms with Crippen molar-refractivity contribution in [2.45, 2.75) is 31.7 Å².